The number of urea groups is 1. The minimum atomic E-state index is -0.0323. The van der Waals surface area contributed by atoms with Crippen LogP contribution in [0.2, 0.25) is 0 Å². The van der Waals surface area contributed by atoms with E-state index < -0.39 is 0 Å². The van der Waals surface area contributed by atoms with E-state index in [9.17, 15) is 4.79 Å². The molecule has 1 fully saturated rings. The molecule has 3 aliphatic heterocycles. The van der Waals surface area contributed by atoms with E-state index >= 15 is 0 Å². The van der Waals surface area contributed by atoms with E-state index in [1.807, 2.05) is 54.4 Å². The van der Waals surface area contributed by atoms with Crippen molar-refractivity contribution in [1.82, 2.24) is 14.9 Å². The number of benzene rings is 2. The standard InChI is InChI=1S/C28H30N6O3/c1-18-13-23(15-20-5-9-29-27(18)20)37-26-16-25(30-17-31-26)33-10-7-21(8-11-33)34-12-6-19-14-22(36-2)3-4-24(19)32-28(34)35/h3-4,9,13-17,21H,5-8,10-12H2,1-2H3,(H,32,35). The van der Waals surface area contributed by atoms with Crippen LogP contribution in [-0.4, -0.2) is 59.9 Å². The van der Waals surface area contributed by atoms with E-state index in [0.29, 0.717) is 12.4 Å². The van der Waals surface area contributed by atoms with Gasteiger partial charge >= 0.3 is 6.03 Å². The van der Waals surface area contributed by atoms with Crippen molar-refractivity contribution in [2.24, 2.45) is 4.99 Å². The first-order chi connectivity index (χ1) is 18.1. The van der Waals surface area contributed by atoms with Crippen LogP contribution < -0.4 is 19.7 Å². The van der Waals surface area contributed by atoms with E-state index in [1.54, 1.807) is 13.4 Å². The molecule has 0 unspecified atom stereocenters. The van der Waals surface area contributed by atoms with Crippen LogP contribution in [0.5, 0.6) is 17.4 Å². The number of methoxy groups -OCH3 is 1. The third kappa shape index (κ3) is 4.69. The van der Waals surface area contributed by atoms with Gasteiger partial charge in [-0.05, 0) is 73.2 Å². The van der Waals surface area contributed by atoms with Gasteiger partial charge in [-0.1, -0.05) is 0 Å². The molecule has 1 aromatic heterocycles. The van der Waals surface area contributed by atoms with E-state index in [4.69, 9.17) is 9.47 Å². The number of aryl methyl sites for hydroxylation is 1. The quantitative estimate of drug-likeness (QED) is 0.538. The summed E-state index contributed by atoms with van der Waals surface area (Å²) in [6.07, 6.45) is 6.85. The summed E-state index contributed by atoms with van der Waals surface area (Å²) >= 11 is 0. The van der Waals surface area contributed by atoms with Gasteiger partial charge in [0, 0.05) is 50.1 Å². The van der Waals surface area contributed by atoms with Crippen LogP contribution in [-0.2, 0) is 12.8 Å². The zero-order valence-corrected chi connectivity index (χ0v) is 21.1. The molecule has 0 bridgehead atoms. The van der Waals surface area contributed by atoms with Gasteiger partial charge in [-0.2, -0.15) is 0 Å². The number of anilines is 2. The van der Waals surface area contributed by atoms with Crippen molar-refractivity contribution in [1.29, 1.82) is 0 Å². The molecule has 0 aliphatic carbocycles. The molecule has 0 saturated carbocycles. The Kier molecular flexibility index (Phi) is 6.12. The summed E-state index contributed by atoms with van der Waals surface area (Å²) in [5, 5.41) is 3.09. The molecule has 3 aromatic rings. The Hall–Kier alpha value is -4.14. The first-order valence-corrected chi connectivity index (χ1v) is 12.7. The summed E-state index contributed by atoms with van der Waals surface area (Å²) in [6.45, 7) is 4.35. The van der Waals surface area contributed by atoms with Gasteiger partial charge in [0.2, 0.25) is 5.88 Å². The van der Waals surface area contributed by atoms with Crippen molar-refractivity contribution < 1.29 is 14.3 Å². The van der Waals surface area contributed by atoms with Crippen molar-refractivity contribution in [2.45, 2.75) is 38.6 Å². The number of aromatic nitrogens is 2. The Morgan fingerprint density at radius 1 is 1.00 bits per heavy atom. The number of fused-ring (bicyclic) bond motifs is 2. The fraction of sp³-hybridized carbons (Fsp3) is 0.357. The fourth-order valence-electron chi connectivity index (χ4n) is 5.44. The molecule has 4 heterocycles. The molecule has 1 saturated heterocycles. The number of ether oxygens (including phenoxy) is 2. The molecule has 3 aliphatic rings. The van der Waals surface area contributed by atoms with Crippen molar-refractivity contribution in [2.75, 3.05) is 37.0 Å². The second-order valence-corrected chi connectivity index (χ2v) is 9.70. The van der Waals surface area contributed by atoms with Crippen LogP contribution >= 0.6 is 0 Å². The number of aliphatic imine (C=N–C) groups is 1. The maximum Gasteiger partial charge on any atom is 0.322 e. The average molecular weight is 499 g/mol. The van der Waals surface area contributed by atoms with Crippen LogP contribution in [0, 0.1) is 6.92 Å². The van der Waals surface area contributed by atoms with E-state index in [2.05, 4.69) is 25.2 Å². The van der Waals surface area contributed by atoms with Gasteiger partial charge < -0.3 is 24.6 Å². The monoisotopic (exact) mass is 498 g/mol. The minimum absolute atomic E-state index is 0.0323. The summed E-state index contributed by atoms with van der Waals surface area (Å²) in [4.78, 5) is 30.5. The molecular formula is C28H30N6O3. The number of carbonyl (C=O) groups excluding carboxylic acids is 1. The van der Waals surface area contributed by atoms with Crippen LogP contribution in [0.25, 0.3) is 0 Å². The number of carbonyl (C=O) groups is 1. The molecule has 9 nitrogen and oxygen atoms in total. The van der Waals surface area contributed by atoms with Crippen molar-refractivity contribution in [3.05, 3.63) is 59.4 Å². The lowest BCUT2D eigenvalue weighted by Gasteiger charge is -2.38. The Bertz CT molecular complexity index is 1370. The third-order valence-corrected chi connectivity index (χ3v) is 7.40. The molecule has 6 rings (SSSR count). The fourth-order valence-corrected chi connectivity index (χ4v) is 5.44. The minimum Gasteiger partial charge on any atom is -0.497 e. The Morgan fingerprint density at radius 3 is 2.68 bits per heavy atom. The molecule has 1 N–H and O–H groups in total. The first kappa shape index (κ1) is 23.3. The maximum absolute atomic E-state index is 13.0. The molecule has 2 aromatic carbocycles. The SMILES string of the molecule is COc1ccc2c(c1)CCN(C1CCN(c3cc(Oc4cc(C)c5c(c4)CC=N5)ncn3)CC1)C(=O)N2. The van der Waals surface area contributed by atoms with Gasteiger partial charge in [0.25, 0.3) is 0 Å². The highest BCUT2D eigenvalue weighted by atomic mass is 16.5. The number of rotatable bonds is 5. The summed E-state index contributed by atoms with van der Waals surface area (Å²) in [5.41, 5.74) is 5.28. The summed E-state index contributed by atoms with van der Waals surface area (Å²) in [6, 6.07) is 11.9. The van der Waals surface area contributed by atoms with Gasteiger partial charge in [-0.3, -0.25) is 4.99 Å². The lowest BCUT2D eigenvalue weighted by molar-refractivity contribution is 0.177. The van der Waals surface area contributed by atoms with E-state index in [-0.39, 0.29) is 12.1 Å². The predicted octanol–water partition coefficient (Wildman–Crippen LogP) is 4.90. The molecule has 0 radical (unpaired) electrons. The molecular weight excluding hydrogens is 468 g/mol. The Labute approximate surface area is 216 Å². The van der Waals surface area contributed by atoms with E-state index in [1.165, 1.54) is 5.56 Å². The lowest BCUT2D eigenvalue weighted by Crippen LogP contribution is -2.49. The summed E-state index contributed by atoms with van der Waals surface area (Å²) < 4.78 is 11.5. The second kappa shape index (κ2) is 9.72. The Balaban J connectivity index is 1.09. The molecule has 0 spiro atoms. The van der Waals surface area contributed by atoms with Gasteiger partial charge in [-0.15, -0.1) is 0 Å². The lowest BCUT2D eigenvalue weighted by atomic mass is 10.0. The van der Waals surface area contributed by atoms with Gasteiger partial charge in [0.1, 0.15) is 23.6 Å². The van der Waals surface area contributed by atoms with Gasteiger partial charge in [-0.25, -0.2) is 14.8 Å². The first-order valence-electron chi connectivity index (χ1n) is 12.7. The number of piperidine rings is 1. The van der Waals surface area contributed by atoms with Crippen LogP contribution in [0.4, 0.5) is 22.0 Å². The highest BCUT2D eigenvalue weighted by molar-refractivity contribution is 5.91. The Morgan fingerprint density at radius 2 is 1.84 bits per heavy atom. The number of hydrogen-bond acceptors (Lipinski definition) is 7. The second-order valence-electron chi connectivity index (χ2n) is 9.70. The van der Waals surface area contributed by atoms with E-state index in [0.717, 1.165) is 78.6 Å². The molecule has 2 amide bonds. The summed E-state index contributed by atoms with van der Waals surface area (Å²) in [7, 11) is 1.66. The summed E-state index contributed by atoms with van der Waals surface area (Å²) in [5.74, 6) is 2.93. The zero-order valence-electron chi connectivity index (χ0n) is 21.1. The smallest absolute Gasteiger partial charge is 0.322 e. The van der Waals surface area contributed by atoms with Crippen molar-refractivity contribution >= 4 is 29.4 Å². The van der Waals surface area contributed by atoms with Crippen molar-refractivity contribution in [3.63, 3.8) is 0 Å². The van der Waals surface area contributed by atoms with Crippen LogP contribution in [0.3, 0.4) is 0 Å². The van der Waals surface area contributed by atoms with Gasteiger partial charge in [0.05, 0.1) is 12.8 Å². The molecule has 37 heavy (non-hydrogen) atoms. The predicted molar refractivity (Wildman–Crippen MR) is 143 cm³/mol. The topological polar surface area (TPSA) is 92.2 Å². The number of nitrogens with zero attached hydrogens (tertiary/aromatic N) is 5. The van der Waals surface area contributed by atoms with Crippen LogP contribution in [0.15, 0.2) is 47.7 Å². The highest BCUT2D eigenvalue weighted by Gasteiger charge is 2.30. The number of amides is 2. The number of hydrogen-bond donors (Lipinski definition) is 1. The number of nitrogens with one attached hydrogen (secondary N) is 1. The molecule has 9 heteroatoms. The largest absolute Gasteiger partial charge is 0.497 e. The molecule has 0 atom stereocenters. The third-order valence-electron chi connectivity index (χ3n) is 7.40. The zero-order chi connectivity index (χ0) is 25.4. The average Bonchev–Trinajstić information content (AvgIpc) is 3.33. The highest BCUT2D eigenvalue weighted by Crippen LogP contribution is 2.34. The maximum atomic E-state index is 13.0. The van der Waals surface area contributed by atoms with Gasteiger partial charge in [0.15, 0.2) is 0 Å². The molecule has 190 valence electrons. The van der Waals surface area contributed by atoms with Crippen LogP contribution in [0.1, 0.15) is 29.5 Å². The van der Waals surface area contributed by atoms with Crippen molar-refractivity contribution in [3.8, 4) is 17.4 Å². The normalized spacial score (nSPS) is 17.2.